The number of hydrogen-bond acceptors (Lipinski definition) is 5. The number of nitrogens with one attached hydrogen (secondary N) is 1. The van der Waals surface area contributed by atoms with Gasteiger partial charge in [0.05, 0.1) is 36.4 Å². The molecule has 29 heavy (non-hydrogen) atoms. The molecule has 0 aliphatic heterocycles. The lowest BCUT2D eigenvalue weighted by Crippen LogP contribution is -2.33. The molecular formula is C22H25N3O4. The molecule has 0 saturated carbocycles. The van der Waals surface area contributed by atoms with Crippen molar-refractivity contribution in [2.45, 2.75) is 40.2 Å². The van der Waals surface area contributed by atoms with Gasteiger partial charge in [0.2, 0.25) is 5.91 Å². The third kappa shape index (κ3) is 5.11. The first-order valence-electron chi connectivity index (χ1n) is 9.39. The minimum absolute atomic E-state index is 0.0468. The molecule has 0 radical (unpaired) electrons. The second-order valence-corrected chi connectivity index (χ2v) is 6.83. The molecule has 0 aliphatic rings. The Bertz CT molecular complexity index is 952. The van der Waals surface area contributed by atoms with E-state index in [1.165, 1.54) is 14.0 Å². The Kier molecular flexibility index (Phi) is 7.32. The molecule has 1 aromatic heterocycles. The Hall–Kier alpha value is -3.40. The number of H-pyrrole nitrogens is 1. The van der Waals surface area contributed by atoms with E-state index >= 15 is 0 Å². The van der Waals surface area contributed by atoms with Crippen LogP contribution in [0.3, 0.4) is 0 Å². The predicted octanol–water partition coefficient (Wildman–Crippen LogP) is 3.17. The standard InChI is InChI=1S/C22H25N3O4/c1-5-10-25(13-17-8-6-16(12-23)7-9-17)19(27)11-18-20(22(28)29-4)14(2)21(24-18)15(3)26/h6-9,24H,5,10-11,13H2,1-4H3. The van der Waals surface area contributed by atoms with Crippen molar-refractivity contribution in [2.24, 2.45) is 0 Å². The minimum atomic E-state index is -0.580. The maximum absolute atomic E-state index is 13.0. The summed E-state index contributed by atoms with van der Waals surface area (Å²) >= 11 is 0. The zero-order valence-corrected chi connectivity index (χ0v) is 17.2. The number of aromatic nitrogens is 1. The van der Waals surface area contributed by atoms with E-state index in [1.807, 2.05) is 19.1 Å². The van der Waals surface area contributed by atoms with Crippen molar-refractivity contribution >= 4 is 17.7 Å². The summed E-state index contributed by atoms with van der Waals surface area (Å²) in [5, 5.41) is 8.92. The summed E-state index contributed by atoms with van der Waals surface area (Å²) in [5.74, 6) is -0.963. The fraction of sp³-hybridized carbons (Fsp3) is 0.364. The summed E-state index contributed by atoms with van der Waals surface area (Å²) in [6.07, 6.45) is 0.725. The van der Waals surface area contributed by atoms with Gasteiger partial charge in [0.15, 0.2) is 5.78 Å². The highest BCUT2D eigenvalue weighted by atomic mass is 16.5. The van der Waals surface area contributed by atoms with Crippen molar-refractivity contribution in [3.63, 3.8) is 0 Å². The summed E-state index contributed by atoms with van der Waals surface area (Å²) in [6, 6.07) is 9.14. The third-order valence-electron chi connectivity index (χ3n) is 4.70. The van der Waals surface area contributed by atoms with Gasteiger partial charge in [-0.1, -0.05) is 19.1 Å². The molecule has 7 nitrogen and oxygen atoms in total. The highest BCUT2D eigenvalue weighted by molar-refractivity contribution is 6.01. The van der Waals surface area contributed by atoms with Gasteiger partial charge in [-0.2, -0.15) is 5.26 Å². The molecule has 1 N–H and O–H groups in total. The van der Waals surface area contributed by atoms with Gasteiger partial charge in [-0.15, -0.1) is 0 Å². The second kappa shape index (κ2) is 9.69. The number of carbonyl (C=O) groups excluding carboxylic acids is 3. The van der Waals surface area contributed by atoms with E-state index in [1.54, 1.807) is 24.0 Å². The molecule has 0 bridgehead atoms. The van der Waals surface area contributed by atoms with Gasteiger partial charge in [-0.25, -0.2) is 4.79 Å². The number of amides is 1. The Morgan fingerprint density at radius 1 is 1.21 bits per heavy atom. The van der Waals surface area contributed by atoms with Crippen LogP contribution in [0.4, 0.5) is 0 Å². The van der Waals surface area contributed by atoms with Gasteiger partial charge in [0.25, 0.3) is 0 Å². The summed E-state index contributed by atoms with van der Waals surface area (Å²) in [6.45, 7) is 5.98. The Morgan fingerprint density at radius 3 is 2.38 bits per heavy atom. The molecule has 152 valence electrons. The number of Topliss-reactive ketones (excluding diaryl/α,β-unsaturated/α-hetero) is 1. The van der Waals surface area contributed by atoms with E-state index in [2.05, 4.69) is 11.1 Å². The largest absolute Gasteiger partial charge is 0.465 e. The maximum Gasteiger partial charge on any atom is 0.339 e. The van der Waals surface area contributed by atoms with Crippen LogP contribution in [0.5, 0.6) is 0 Å². The van der Waals surface area contributed by atoms with E-state index in [0.29, 0.717) is 35.6 Å². The molecule has 0 fully saturated rings. The lowest BCUT2D eigenvalue weighted by atomic mass is 10.1. The fourth-order valence-electron chi connectivity index (χ4n) is 3.25. The first kappa shape index (κ1) is 21.9. The number of nitrogens with zero attached hydrogens (tertiary/aromatic N) is 2. The van der Waals surface area contributed by atoms with Crippen LogP contribution in [0, 0.1) is 18.3 Å². The van der Waals surface area contributed by atoms with Gasteiger partial charge < -0.3 is 14.6 Å². The average Bonchev–Trinajstić information content (AvgIpc) is 3.03. The van der Waals surface area contributed by atoms with Crippen molar-refractivity contribution in [3.05, 3.63) is 57.9 Å². The number of ether oxygens (including phenoxy) is 1. The van der Waals surface area contributed by atoms with Crippen LogP contribution < -0.4 is 0 Å². The molecule has 0 spiro atoms. The number of rotatable bonds is 8. The topological polar surface area (TPSA) is 103 Å². The number of hydrogen-bond donors (Lipinski definition) is 1. The molecule has 0 aliphatic carbocycles. The quantitative estimate of drug-likeness (QED) is 0.546. The number of benzene rings is 1. The monoisotopic (exact) mass is 395 g/mol. The van der Waals surface area contributed by atoms with E-state index in [4.69, 9.17) is 10.00 Å². The van der Waals surface area contributed by atoms with E-state index in [-0.39, 0.29) is 23.7 Å². The van der Waals surface area contributed by atoms with Crippen LogP contribution in [0.1, 0.15) is 63.5 Å². The minimum Gasteiger partial charge on any atom is -0.465 e. The zero-order valence-electron chi connectivity index (χ0n) is 17.2. The molecule has 0 atom stereocenters. The maximum atomic E-state index is 13.0. The van der Waals surface area contributed by atoms with Crippen LogP contribution in [0.15, 0.2) is 24.3 Å². The molecule has 1 aromatic carbocycles. The van der Waals surface area contributed by atoms with E-state index in [9.17, 15) is 14.4 Å². The lowest BCUT2D eigenvalue weighted by Gasteiger charge is -2.22. The van der Waals surface area contributed by atoms with Crippen molar-refractivity contribution in [3.8, 4) is 6.07 Å². The number of aromatic amines is 1. The van der Waals surface area contributed by atoms with Crippen LogP contribution in [0.25, 0.3) is 0 Å². The number of nitriles is 1. The second-order valence-electron chi connectivity index (χ2n) is 6.83. The SMILES string of the molecule is CCCN(Cc1ccc(C#N)cc1)C(=O)Cc1[nH]c(C(C)=O)c(C)c1C(=O)OC. The van der Waals surface area contributed by atoms with Crippen molar-refractivity contribution in [2.75, 3.05) is 13.7 Å². The van der Waals surface area contributed by atoms with E-state index < -0.39 is 5.97 Å². The summed E-state index contributed by atoms with van der Waals surface area (Å²) in [7, 11) is 1.27. The molecular weight excluding hydrogens is 370 g/mol. The Balaban J connectivity index is 2.29. The number of methoxy groups -OCH3 is 1. The zero-order chi connectivity index (χ0) is 21.6. The van der Waals surface area contributed by atoms with Crippen molar-refractivity contribution < 1.29 is 19.1 Å². The highest BCUT2D eigenvalue weighted by Crippen LogP contribution is 2.21. The number of esters is 1. The van der Waals surface area contributed by atoms with Crippen LogP contribution >= 0.6 is 0 Å². The first-order chi connectivity index (χ1) is 13.8. The Morgan fingerprint density at radius 2 is 1.86 bits per heavy atom. The predicted molar refractivity (Wildman–Crippen MR) is 107 cm³/mol. The fourth-order valence-corrected chi connectivity index (χ4v) is 3.25. The molecule has 2 aromatic rings. The summed E-state index contributed by atoms with van der Waals surface area (Å²) in [5.41, 5.74) is 2.88. The average molecular weight is 395 g/mol. The molecule has 0 saturated heterocycles. The van der Waals surface area contributed by atoms with Gasteiger partial charge in [-0.05, 0) is 36.6 Å². The third-order valence-corrected chi connectivity index (χ3v) is 4.70. The van der Waals surface area contributed by atoms with Gasteiger partial charge in [-0.3, -0.25) is 9.59 Å². The van der Waals surface area contributed by atoms with Crippen LogP contribution in [-0.4, -0.2) is 41.2 Å². The molecule has 1 amide bonds. The first-order valence-corrected chi connectivity index (χ1v) is 9.39. The molecule has 2 rings (SSSR count). The summed E-state index contributed by atoms with van der Waals surface area (Å²) < 4.78 is 4.84. The smallest absolute Gasteiger partial charge is 0.339 e. The highest BCUT2D eigenvalue weighted by Gasteiger charge is 2.25. The van der Waals surface area contributed by atoms with Gasteiger partial charge in [0.1, 0.15) is 0 Å². The summed E-state index contributed by atoms with van der Waals surface area (Å²) in [4.78, 5) is 41.7. The van der Waals surface area contributed by atoms with Crippen molar-refractivity contribution in [1.29, 1.82) is 5.26 Å². The van der Waals surface area contributed by atoms with Gasteiger partial charge in [0, 0.05) is 25.7 Å². The van der Waals surface area contributed by atoms with Crippen LogP contribution in [0.2, 0.25) is 0 Å². The Labute approximate surface area is 170 Å². The molecule has 7 heteroatoms. The van der Waals surface area contributed by atoms with Gasteiger partial charge >= 0.3 is 5.97 Å². The molecule has 0 unspecified atom stereocenters. The number of carbonyl (C=O) groups is 3. The van der Waals surface area contributed by atoms with E-state index in [0.717, 1.165) is 12.0 Å². The normalized spacial score (nSPS) is 10.3. The van der Waals surface area contributed by atoms with Crippen molar-refractivity contribution in [1.82, 2.24) is 9.88 Å². The molecule has 1 heterocycles. The number of ketones is 1. The van der Waals surface area contributed by atoms with Crippen LogP contribution in [-0.2, 0) is 22.5 Å². The lowest BCUT2D eigenvalue weighted by molar-refractivity contribution is -0.131.